The molecule has 3 aliphatic rings. The molecule has 2 aliphatic heterocycles. The number of ether oxygens (including phenoxy) is 1. The zero-order valence-corrected chi connectivity index (χ0v) is 9.43. The predicted molar refractivity (Wildman–Crippen MR) is 59.9 cm³/mol. The van der Waals surface area contributed by atoms with Crippen molar-refractivity contribution in [2.75, 3.05) is 26.3 Å². The SMILES string of the molecule is C1COCC2(C1)CC2NC1CCNCC1. The van der Waals surface area contributed by atoms with Crippen LogP contribution in [-0.4, -0.2) is 38.4 Å². The van der Waals surface area contributed by atoms with Gasteiger partial charge >= 0.3 is 0 Å². The molecule has 2 heterocycles. The first-order valence-electron chi connectivity index (χ1n) is 6.44. The van der Waals surface area contributed by atoms with Gasteiger partial charge < -0.3 is 15.4 Å². The van der Waals surface area contributed by atoms with Crippen molar-refractivity contribution in [1.82, 2.24) is 10.6 Å². The van der Waals surface area contributed by atoms with Gasteiger partial charge in [-0.1, -0.05) is 0 Å². The van der Waals surface area contributed by atoms with Gasteiger partial charge in [0.15, 0.2) is 0 Å². The Morgan fingerprint density at radius 2 is 2.13 bits per heavy atom. The van der Waals surface area contributed by atoms with Crippen molar-refractivity contribution in [3.8, 4) is 0 Å². The molecule has 1 spiro atoms. The number of rotatable bonds is 2. The van der Waals surface area contributed by atoms with Crippen molar-refractivity contribution in [1.29, 1.82) is 0 Å². The van der Waals surface area contributed by atoms with E-state index in [2.05, 4.69) is 10.6 Å². The van der Waals surface area contributed by atoms with E-state index in [0.717, 1.165) is 25.3 Å². The van der Waals surface area contributed by atoms with Crippen LogP contribution in [0.5, 0.6) is 0 Å². The summed E-state index contributed by atoms with van der Waals surface area (Å²) in [6.07, 6.45) is 6.61. The summed E-state index contributed by atoms with van der Waals surface area (Å²) in [5, 5.41) is 7.25. The highest BCUT2D eigenvalue weighted by Crippen LogP contribution is 2.52. The van der Waals surface area contributed by atoms with Gasteiger partial charge in [-0.15, -0.1) is 0 Å². The highest BCUT2D eigenvalue weighted by Gasteiger charge is 2.55. The fraction of sp³-hybridized carbons (Fsp3) is 1.00. The van der Waals surface area contributed by atoms with Crippen molar-refractivity contribution in [3.63, 3.8) is 0 Å². The first-order chi connectivity index (χ1) is 7.39. The van der Waals surface area contributed by atoms with Crippen molar-refractivity contribution in [3.05, 3.63) is 0 Å². The fourth-order valence-corrected chi connectivity index (χ4v) is 3.17. The minimum atomic E-state index is 0.545. The molecule has 3 heteroatoms. The van der Waals surface area contributed by atoms with Crippen LogP contribution in [0.25, 0.3) is 0 Å². The molecule has 0 aromatic carbocycles. The topological polar surface area (TPSA) is 33.3 Å². The van der Waals surface area contributed by atoms with E-state index in [1.807, 2.05) is 0 Å². The molecule has 0 amide bonds. The number of piperidine rings is 1. The standard InChI is InChI=1S/C12H22N2O/c1-4-12(9-15-7-1)8-11(12)14-10-2-5-13-6-3-10/h10-11,13-14H,1-9H2. The summed E-state index contributed by atoms with van der Waals surface area (Å²) in [5.74, 6) is 0. The third-order valence-electron chi connectivity index (χ3n) is 4.32. The van der Waals surface area contributed by atoms with Crippen LogP contribution in [0.15, 0.2) is 0 Å². The third kappa shape index (κ3) is 2.05. The molecular weight excluding hydrogens is 188 g/mol. The summed E-state index contributed by atoms with van der Waals surface area (Å²) in [6, 6.07) is 1.53. The maximum atomic E-state index is 5.61. The molecule has 2 atom stereocenters. The zero-order chi connectivity index (χ0) is 10.1. The molecular formula is C12H22N2O. The summed E-state index contributed by atoms with van der Waals surface area (Å²) in [4.78, 5) is 0. The van der Waals surface area contributed by atoms with E-state index >= 15 is 0 Å². The first-order valence-corrected chi connectivity index (χ1v) is 6.44. The fourth-order valence-electron chi connectivity index (χ4n) is 3.17. The lowest BCUT2D eigenvalue weighted by atomic mass is 9.97. The van der Waals surface area contributed by atoms with Gasteiger partial charge in [-0.05, 0) is 45.2 Å². The highest BCUT2D eigenvalue weighted by molar-refractivity contribution is 5.09. The lowest BCUT2D eigenvalue weighted by Crippen LogP contribution is -2.43. The van der Waals surface area contributed by atoms with Gasteiger partial charge in [-0.2, -0.15) is 0 Å². The molecule has 2 N–H and O–H groups in total. The van der Waals surface area contributed by atoms with Crippen molar-refractivity contribution in [2.24, 2.45) is 5.41 Å². The Kier molecular flexibility index (Phi) is 2.71. The molecule has 0 radical (unpaired) electrons. The Morgan fingerprint density at radius 3 is 2.87 bits per heavy atom. The first kappa shape index (κ1) is 10.1. The minimum absolute atomic E-state index is 0.545. The zero-order valence-electron chi connectivity index (χ0n) is 9.43. The summed E-state index contributed by atoms with van der Waals surface area (Å²) in [6.45, 7) is 4.37. The third-order valence-corrected chi connectivity index (χ3v) is 4.32. The lowest BCUT2D eigenvalue weighted by molar-refractivity contribution is 0.0383. The Hall–Kier alpha value is -0.120. The van der Waals surface area contributed by atoms with Crippen molar-refractivity contribution in [2.45, 2.75) is 44.2 Å². The molecule has 2 saturated heterocycles. The average Bonchev–Trinajstić information content (AvgIpc) is 2.93. The number of nitrogens with one attached hydrogen (secondary N) is 2. The van der Waals surface area contributed by atoms with Crippen molar-refractivity contribution < 1.29 is 4.74 Å². The van der Waals surface area contributed by atoms with Gasteiger partial charge in [-0.25, -0.2) is 0 Å². The minimum Gasteiger partial charge on any atom is -0.381 e. The molecule has 0 bridgehead atoms. The summed E-state index contributed by atoms with van der Waals surface area (Å²) >= 11 is 0. The van der Waals surface area contributed by atoms with Crippen LogP contribution in [0.2, 0.25) is 0 Å². The Balaban J connectivity index is 1.48. The normalized spacial score (nSPS) is 42.0. The van der Waals surface area contributed by atoms with Crippen LogP contribution >= 0.6 is 0 Å². The van der Waals surface area contributed by atoms with E-state index in [1.165, 1.54) is 45.2 Å². The maximum Gasteiger partial charge on any atom is 0.0537 e. The molecule has 1 aliphatic carbocycles. The second-order valence-corrected chi connectivity index (χ2v) is 5.47. The van der Waals surface area contributed by atoms with Gasteiger partial charge in [0.05, 0.1) is 6.61 Å². The largest absolute Gasteiger partial charge is 0.381 e. The van der Waals surface area contributed by atoms with Crippen LogP contribution < -0.4 is 10.6 Å². The molecule has 2 unspecified atom stereocenters. The molecule has 3 rings (SSSR count). The molecule has 0 aromatic heterocycles. The van der Waals surface area contributed by atoms with E-state index in [1.54, 1.807) is 0 Å². The van der Waals surface area contributed by atoms with Crippen LogP contribution in [-0.2, 0) is 4.74 Å². The van der Waals surface area contributed by atoms with Crippen LogP contribution in [0.1, 0.15) is 32.1 Å². The number of hydrogen-bond donors (Lipinski definition) is 2. The Labute approximate surface area is 91.9 Å². The van der Waals surface area contributed by atoms with E-state index in [9.17, 15) is 0 Å². The predicted octanol–water partition coefficient (Wildman–Crippen LogP) is 0.897. The van der Waals surface area contributed by atoms with E-state index < -0.39 is 0 Å². The van der Waals surface area contributed by atoms with E-state index in [4.69, 9.17) is 4.74 Å². The molecule has 86 valence electrons. The second-order valence-electron chi connectivity index (χ2n) is 5.47. The maximum absolute atomic E-state index is 5.61. The van der Waals surface area contributed by atoms with Gasteiger partial charge in [-0.3, -0.25) is 0 Å². The second kappa shape index (κ2) is 4.04. The highest BCUT2D eigenvalue weighted by atomic mass is 16.5. The summed E-state index contributed by atoms with van der Waals surface area (Å²) in [5.41, 5.74) is 0.545. The number of hydrogen-bond acceptors (Lipinski definition) is 3. The summed E-state index contributed by atoms with van der Waals surface area (Å²) < 4.78 is 5.61. The molecule has 0 aromatic rings. The van der Waals surface area contributed by atoms with Gasteiger partial charge in [0.2, 0.25) is 0 Å². The van der Waals surface area contributed by atoms with Crippen LogP contribution in [0.3, 0.4) is 0 Å². The van der Waals surface area contributed by atoms with Crippen LogP contribution in [0, 0.1) is 5.41 Å². The van der Waals surface area contributed by atoms with E-state index in [-0.39, 0.29) is 0 Å². The van der Waals surface area contributed by atoms with Gasteiger partial charge in [0, 0.05) is 24.1 Å². The van der Waals surface area contributed by atoms with Gasteiger partial charge in [0.25, 0.3) is 0 Å². The van der Waals surface area contributed by atoms with E-state index in [0.29, 0.717) is 5.41 Å². The van der Waals surface area contributed by atoms with Crippen molar-refractivity contribution >= 4 is 0 Å². The van der Waals surface area contributed by atoms with Crippen LogP contribution in [0.4, 0.5) is 0 Å². The quantitative estimate of drug-likeness (QED) is 0.710. The molecule has 15 heavy (non-hydrogen) atoms. The monoisotopic (exact) mass is 210 g/mol. The molecule has 1 saturated carbocycles. The smallest absolute Gasteiger partial charge is 0.0537 e. The molecule has 3 nitrogen and oxygen atoms in total. The van der Waals surface area contributed by atoms with Gasteiger partial charge in [0.1, 0.15) is 0 Å². The Bertz CT molecular complexity index is 220. The lowest BCUT2D eigenvalue weighted by Gasteiger charge is -2.27. The average molecular weight is 210 g/mol. The summed E-state index contributed by atoms with van der Waals surface area (Å²) in [7, 11) is 0. The molecule has 3 fully saturated rings. The Morgan fingerprint density at radius 1 is 1.27 bits per heavy atom.